The summed E-state index contributed by atoms with van der Waals surface area (Å²) in [6.45, 7) is 0. The normalized spacial score (nSPS) is 10.8. The van der Waals surface area contributed by atoms with Gasteiger partial charge >= 0.3 is 0 Å². The zero-order valence-electron chi connectivity index (χ0n) is 10.2. The summed E-state index contributed by atoms with van der Waals surface area (Å²) >= 11 is 3.41. The van der Waals surface area contributed by atoms with Crippen molar-refractivity contribution in [2.24, 2.45) is 7.05 Å². The van der Waals surface area contributed by atoms with Crippen LogP contribution in [-0.4, -0.2) is 14.9 Å². The molecule has 0 aliphatic carbocycles. The van der Waals surface area contributed by atoms with Gasteiger partial charge in [0.15, 0.2) is 0 Å². The number of rotatable bonds is 2. The van der Waals surface area contributed by atoms with E-state index in [4.69, 9.17) is 10.3 Å². The van der Waals surface area contributed by atoms with Crippen LogP contribution in [0.3, 0.4) is 0 Å². The lowest BCUT2D eigenvalue weighted by Crippen LogP contribution is -1.90. The van der Waals surface area contributed by atoms with Gasteiger partial charge in [0, 0.05) is 17.7 Å². The molecule has 2 heterocycles. The van der Waals surface area contributed by atoms with E-state index in [9.17, 15) is 0 Å². The van der Waals surface area contributed by atoms with Gasteiger partial charge in [0.05, 0.1) is 5.56 Å². The Bertz CT molecular complexity index is 715. The number of hydrogen-bond acceptors (Lipinski definition) is 4. The number of hydrogen-bond donors (Lipinski definition) is 1. The fourth-order valence-corrected chi connectivity index (χ4v) is 2.18. The smallest absolute Gasteiger partial charge is 0.230 e. The highest BCUT2D eigenvalue weighted by atomic mass is 79.9. The molecule has 0 aliphatic rings. The first kappa shape index (κ1) is 12.0. The average Bonchev–Trinajstić information content (AvgIpc) is 2.97. The molecule has 0 radical (unpaired) electrons. The van der Waals surface area contributed by atoms with Crippen LogP contribution in [-0.2, 0) is 7.05 Å². The van der Waals surface area contributed by atoms with E-state index in [-0.39, 0.29) is 0 Å². The zero-order chi connectivity index (χ0) is 13.4. The van der Waals surface area contributed by atoms with Crippen LogP contribution in [0.25, 0.3) is 22.5 Å². The number of benzene rings is 1. The van der Waals surface area contributed by atoms with Crippen molar-refractivity contribution in [2.45, 2.75) is 0 Å². The molecule has 6 heteroatoms. The van der Waals surface area contributed by atoms with Crippen LogP contribution in [0.1, 0.15) is 0 Å². The Balaban J connectivity index is 2.16. The Morgan fingerprint density at radius 2 is 1.95 bits per heavy atom. The Morgan fingerprint density at radius 3 is 2.58 bits per heavy atom. The summed E-state index contributed by atoms with van der Waals surface area (Å²) in [6, 6.07) is 9.69. The second kappa shape index (κ2) is 4.55. The van der Waals surface area contributed by atoms with Crippen molar-refractivity contribution in [1.82, 2.24) is 14.9 Å². The molecule has 3 aromatic rings. The molecule has 0 unspecified atom stereocenters. The Hall–Kier alpha value is -2.08. The monoisotopic (exact) mass is 318 g/mol. The van der Waals surface area contributed by atoms with Crippen molar-refractivity contribution < 1.29 is 4.52 Å². The predicted octanol–water partition coefficient (Wildman–Crippen LogP) is 3.09. The van der Waals surface area contributed by atoms with Crippen LogP contribution in [0.5, 0.6) is 0 Å². The minimum atomic E-state index is 0.294. The molecule has 96 valence electrons. The molecule has 1 aromatic carbocycles. The zero-order valence-corrected chi connectivity index (χ0v) is 11.8. The molecule has 2 aromatic heterocycles. The number of nitrogens with zero attached hydrogens (tertiary/aromatic N) is 3. The van der Waals surface area contributed by atoms with Crippen molar-refractivity contribution in [2.75, 3.05) is 5.73 Å². The molecule has 0 saturated heterocycles. The lowest BCUT2D eigenvalue weighted by molar-refractivity contribution is 0.439. The number of nitrogens with two attached hydrogens (primary N) is 1. The number of aromatic nitrogens is 3. The van der Waals surface area contributed by atoms with Gasteiger partial charge in [-0.15, -0.1) is 0 Å². The molecular weight excluding hydrogens is 308 g/mol. The largest absolute Gasteiger partial charge is 0.367 e. The lowest BCUT2D eigenvalue weighted by Gasteiger charge is -2.01. The maximum Gasteiger partial charge on any atom is 0.230 e. The van der Waals surface area contributed by atoms with Crippen LogP contribution in [0.4, 0.5) is 5.88 Å². The first-order valence-electron chi connectivity index (χ1n) is 5.66. The predicted molar refractivity (Wildman–Crippen MR) is 76.3 cm³/mol. The van der Waals surface area contributed by atoms with E-state index in [2.05, 4.69) is 26.2 Å². The first-order valence-corrected chi connectivity index (χ1v) is 6.45. The van der Waals surface area contributed by atoms with Gasteiger partial charge in [-0.25, -0.2) is 0 Å². The summed E-state index contributed by atoms with van der Waals surface area (Å²) < 4.78 is 7.83. The van der Waals surface area contributed by atoms with E-state index in [0.717, 1.165) is 21.3 Å². The highest BCUT2D eigenvalue weighted by Crippen LogP contribution is 2.35. The van der Waals surface area contributed by atoms with E-state index in [1.165, 1.54) is 0 Å². The Kier molecular flexibility index (Phi) is 2.87. The van der Waals surface area contributed by atoms with Crippen molar-refractivity contribution in [3.8, 4) is 22.5 Å². The Labute approximate surface area is 118 Å². The van der Waals surface area contributed by atoms with Gasteiger partial charge in [-0.05, 0) is 23.8 Å². The van der Waals surface area contributed by atoms with E-state index < -0.39 is 0 Å². The standard InChI is InChI=1S/C13H11BrN4O/c1-18-7-6-10(16-18)12-11(13(15)19-17-12)8-2-4-9(14)5-3-8/h2-7H,15H2,1H3. The molecule has 19 heavy (non-hydrogen) atoms. The molecular formula is C13H11BrN4O. The molecule has 0 amide bonds. The molecule has 0 bridgehead atoms. The number of halogens is 1. The lowest BCUT2D eigenvalue weighted by atomic mass is 10.0. The summed E-state index contributed by atoms with van der Waals surface area (Å²) in [5, 5.41) is 8.34. The van der Waals surface area contributed by atoms with Crippen molar-refractivity contribution in [3.63, 3.8) is 0 Å². The second-order valence-corrected chi connectivity index (χ2v) is 5.07. The molecule has 5 nitrogen and oxygen atoms in total. The van der Waals surface area contributed by atoms with E-state index in [0.29, 0.717) is 11.6 Å². The van der Waals surface area contributed by atoms with Crippen LogP contribution in [0.15, 0.2) is 45.5 Å². The molecule has 0 saturated carbocycles. The van der Waals surface area contributed by atoms with Gasteiger partial charge in [0.1, 0.15) is 11.4 Å². The van der Waals surface area contributed by atoms with Gasteiger partial charge in [0.2, 0.25) is 5.88 Å². The summed E-state index contributed by atoms with van der Waals surface area (Å²) in [5.74, 6) is 0.294. The maximum atomic E-state index is 5.88. The molecule has 3 rings (SSSR count). The molecule has 0 aliphatic heterocycles. The van der Waals surface area contributed by atoms with Crippen molar-refractivity contribution in [3.05, 3.63) is 41.0 Å². The highest BCUT2D eigenvalue weighted by molar-refractivity contribution is 9.10. The number of nitrogen functional groups attached to an aromatic ring is 1. The van der Waals surface area contributed by atoms with E-state index >= 15 is 0 Å². The van der Waals surface area contributed by atoms with Crippen LogP contribution in [0, 0.1) is 0 Å². The third-order valence-electron chi connectivity index (χ3n) is 2.81. The highest BCUT2D eigenvalue weighted by Gasteiger charge is 2.18. The Morgan fingerprint density at radius 1 is 1.21 bits per heavy atom. The SMILES string of the molecule is Cn1ccc(-c2noc(N)c2-c2ccc(Br)cc2)n1. The first-order chi connectivity index (χ1) is 9.15. The van der Waals surface area contributed by atoms with Gasteiger partial charge in [-0.2, -0.15) is 5.10 Å². The third-order valence-corrected chi connectivity index (χ3v) is 3.34. The third kappa shape index (κ3) is 2.15. The summed E-state index contributed by atoms with van der Waals surface area (Å²) in [5.41, 5.74) is 8.99. The average molecular weight is 319 g/mol. The quantitative estimate of drug-likeness (QED) is 0.788. The number of aryl methyl sites for hydroxylation is 1. The fraction of sp³-hybridized carbons (Fsp3) is 0.0769. The fourth-order valence-electron chi connectivity index (χ4n) is 1.91. The molecule has 0 fully saturated rings. The second-order valence-electron chi connectivity index (χ2n) is 4.15. The minimum absolute atomic E-state index is 0.294. The maximum absolute atomic E-state index is 5.88. The van der Waals surface area contributed by atoms with Crippen LogP contribution in [0.2, 0.25) is 0 Å². The number of anilines is 1. The molecule has 2 N–H and O–H groups in total. The van der Waals surface area contributed by atoms with Gasteiger partial charge in [0.25, 0.3) is 0 Å². The van der Waals surface area contributed by atoms with Crippen molar-refractivity contribution in [1.29, 1.82) is 0 Å². The van der Waals surface area contributed by atoms with Crippen molar-refractivity contribution >= 4 is 21.8 Å². The van der Waals surface area contributed by atoms with Gasteiger partial charge in [-0.1, -0.05) is 33.2 Å². The van der Waals surface area contributed by atoms with Crippen LogP contribution < -0.4 is 5.73 Å². The van der Waals surface area contributed by atoms with E-state index in [1.54, 1.807) is 4.68 Å². The minimum Gasteiger partial charge on any atom is -0.367 e. The molecule has 0 atom stereocenters. The van der Waals surface area contributed by atoms with E-state index in [1.807, 2.05) is 43.6 Å². The van der Waals surface area contributed by atoms with Gasteiger partial charge in [-0.3, -0.25) is 4.68 Å². The summed E-state index contributed by atoms with van der Waals surface area (Å²) in [4.78, 5) is 0. The summed E-state index contributed by atoms with van der Waals surface area (Å²) in [6.07, 6.45) is 1.85. The summed E-state index contributed by atoms with van der Waals surface area (Å²) in [7, 11) is 1.85. The topological polar surface area (TPSA) is 69.9 Å². The van der Waals surface area contributed by atoms with Gasteiger partial charge < -0.3 is 10.3 Å². The molecule has 0 spiro atoms. The van der Waals surface area contributed by atoms with Crippen LogP contribution >= 0.6 is 15.9 Å².